The van der Waals surface area contributed by atoms with E-state index in [9.17, 15) is 14.4 Å². The number of nitrogens with zero attached hydrogens (tertiary/aromatic N) is 1. The standard InChI is InChI=1S/C27H30N2O6/c30-25(31)13-18-6-5-11-29(18)26(32)17-12-19(34-15-17)14-28-27(33)35-16-24-22-9-3-1-7-20(22)21-8-2-4-10-23(21)24/h1-4,7-10,17-19,24H,5-6,11-16H2,(H,28,33)(H,30,31)/t17-,18?,19-/m0/s1. The molecule has 3 aliphatic rings. The van der Waals surface area contributed by atoms with Gasteiger partial charge in [0, 0.05) is 25.0 Å². The van der Waals surface area contributed by atoms with Gasteiger partial charge in [-0.1, -0.05) is 48.5 Å². The lowest BCUT2D eigenvalue weighted by Crippen LogP contribution is -2.41. The van der Waals surface area contributed by atoms with Crippen LogP contribution in [0.5, 0.6) is 0 Å². The number of aliphatic carboxylic acids is 1. The molecule has 2 fully saturated rings. The maximum Gasteiger partial charge on any atom is 0.407 e. The van der Waals surface area contributed by atoms with Crippen molar-refractivity contribution >= 4 is 18.0 Å². The van der Waals surface area contributed by atoms with Crippen LogP contribution in [-0.4, -0.2) is 66.4 Å². The molecular weight excluding hydrogens is 448 g/mol. The lowest BCUT2D eigenvalue weighted by atomic mass is 9.98. The highest BCUT2D eigenvalue weighted by atomic mass is 16.5. The molecule has 3 atom stereocenters. The van der Waals surface area contributed by atoms with Gasteiger partial charge in [0.15, 0.2) is 0 Å². The lowest BCUT2D eigenvalue weighted by molar-refractivity contribution is -0.141. The number of rotatable bonds is 7. The van der Waals surface area contributed by atoms with Gasteiger partial charge in [-0.05, 0) is 41.5 Å². The van der Waals surface area contributed by atoms with E-state index in [1.807, 2.05) is 24.3 Å². The summed E-state index contributed by atoms with van der Waals surface area (Å²) in [5, 5.41) is 11.9. The third kappa shape index (κ3) is 4.89. The van der Waals surface area contributed by atoms with Gasteiger partial charge in [-0.15, -0.1) is 0 Å². The van der Waals surface area contributed by atoms with E-state index in [4.69, 9.17) is 14.6 Å². The fourth-order valence-corrected chi connectivity index (χ4v) is 5.64. The van der Waals surface area contributed by atoms with Gasteiger partial charge in [0.1, 0.15) is 6.61 Å². The molecule has 2 heterocycles. The molecule has 0 aromatic heterocycles. The van der Waals surface area contributed by atoms with Crippen molar-refractivity contribution in [2.45, 2.75) is 43.7 Å². The minimum absolute atomic E-state index is 0.00269. The van der Waals surface area contributed by atoms with Crippen LogP contribution in [0.25, 0.3) is 11.1 Å². The van der Waals surface area contributed by atoms with E-state index in [0.29, 0.717) is 13.0 Å². The van der Waals surface area contributed by atoms with E-state index in [0.717, 1.165) is 24.0 Å². The fraction of sp³-hybridized carbons (Fsp3) is 0.444. The Hall–Kier alpha value is -3.39. The summed E-state index contributed by atoms with van der Waals surface area (Å²) in [6.07, 6.45) is 1.24. The van der Waals surface area contributed by atoms with Gasteiger partial charge in [0.2, 0.25) is 5.91 Å². The minimum Gasteiger partial charge on any atom is -0.481 e. The second kappa shape index (κ2) is 10.1. The van der Waals surface area contributed by atoms with E-state index in [1.54, 1.807) is 4.90 Å². The van der Waals surface area contributed by atoms with Crippen molar-refractivity contribution in [2.75, 3.05) is 26.3 Å². The molecule has 2 N–H and O–H groups in total. The third-order valence-electron chi connectivity index (χ3n) is 7.32. The maximum atomic E-state index is 12.9. The van der Waals surface area contributed by atoms with Crippen molar-refractivity contribution in [1.29, 1.82) is 0 Å². The highest BCUT2D eigenvalue weighted by Crippen LogP contribution is 2.44. The Morgan fingerprint density at radius 3 is 2.43 bits per heavy atom. The Morgan fingerprint density at radius 1 is 1.06 bits per heavy atom. The zero-order valence-corrected chi connectivity index (χ0v) is 19.5. The number of likely N-dealkylation sites (tertiary alicyclic amines) is 1. The molecule has 1 unspecified atom stereocenters. The number of nitrogens with one attached hydrogen (secondary N) is 1. The van der Waals surface area contributed by atoms with Gasteiger partial charge in [-0.2, -0.15) is 0 Å². The van der Waals surface area contributed by atoms with Crippen molar-refractivity contribution in [2.24, 2.45) is 5.92 Å². The largest absolute Gasteiger partial charge is 0.481 e. The summed E-state index contributed by atoms with van der Waals surface area (Å²) in [5.74, 6) is -1.24. The molecule has 0 spiro atoms. The predicted octanol–water partition coefficient (Wildman–Crippen LogP) is 3.40. The van der Waals surface area contributed by atoms with Crippen molar-refractivity contribution in [1.82, 2.24) is 10.2 Å². The minimum atomic E-state index is -0.887. The van der Waals surface area contributed by atoms with E-state index in [2.05, 4.69) is 29.6 Å². The summed E-state index contributed by atoms with van der Waals surface area (Å²) in [6, 6.07) is 16.1. The molecule has 8 nitrogen and oxygen atoms in total. The van der Waals surface area contributed by atoms with Crippen LogP contribution in [-0.2, 0) is 19.1 Å². The van der Waals surface area contributed by atoms with E-state index >= 15 is 0 Å². The summed E-state index contributed by atoms with van der Waals surface area (Å²) in [6.45, 7) is 1.38. The first-order valence-electron chi connectivity index (χ1n) is 12.2. The first-order chi connectivity index (χ1) is 17.0. The van der Waals surface area contributed by atoms with Crippen LogP contribution in [0.15, 0.2) is 48.5 Å². The number of carbonyl (C=O) groups is 3. The molecule has 0 radical (unpaired) electrons. The molecule has 2 aromatic rings. The van der Waals surface area contributed by atoms with Gasteiger partial charge in [-0.25, -0.2) is 4.79 Å². The number of hydrogen-bond donors (Lipinski definition) is 2. The molecule has 184 valence electrons. The fourth-order valence-electron chi connectivity index (χ4n) is 5.64. The Kier molecular flexibility index (Phi) is 6.72. The average molecular weight is 479 g/mol. The number of benzene rings is 2. The molecule has 0 bridgehead atoms. The number of fused-ring (bicyclic) bond motifs is 3. The number of carboxylic acid groups (broad SMARTS) is 1. The molecule has 1 aliphatic carbocycles. The smallest absolute Gasteiger partial charge is 0.407 e. The Morgan fingerprint density at radius 2 is 1.74 bits per heavy atom. The molecule has 2 aliphatic heterocycles. The topological polar surface area (TPSA) is 105 Å². The van der Waals surface area contributed by atoms with Gasteiger partial charge >= 0.3 is 12.1 Å². The second-order valence-electron chi connectivity index (χ2n) is 9.52. The molecule has 8 heteroatoms. The number of alkyl carbamates (subject to hydrolysis) is 1. The third-order valence-corrected chi connectivity index (χ3v) is 7.32. The predicted molar refractivity (Wildman–Crippen MR) is 128 cm³/mol. The highest BCUT2D eigenvalue weighted by Gasteiger charge is 2.38. The van der Waals surface area contributed by atoms with Crippen LogP contribution < -0.4 is 5.32 Å². The summed E-state index contributed by atoms with van der Waals surface area (Å²) >= 11 is 0. The second-order valence-corrected chi connectivity index (χ2v) is 9.52. The van der Waals surface area contributed by atoms with E-state index in [1.165, 1.54) is 11.1 Å². The number of carboxylic acids is 1. The molecule has 2 aromatic carbocycles. The number of carbonyl (C=O) groups excluding carboxylic acids is 2. The van der Waals surface area contributed by atoms with Crippen LogP contribution in [0.3, 0.4) is 0 Å². The quantitative estimate of drug-likeness (QED) is 0.632. The van der Waals surface area contributed by atoms with Crippen molar-refractivity contribution in [3.8, 4) is 11.1 Å². The monoisotopic (exact) mass is 478 g/mol. The zero-order chi connectivity index (χ0) is 24.4. The first kappa shape index (κ1) is 23.4. The number of ether oxygens (including phenoxy) is 2. The molecular formula is C27H30N2O6. The average Bonchev–Trinajstić information content (AvgIpc) is 3.59. The Bertz CT molecular complexity index is 1070. The van der Waals surface area contributed by atoms with Gasteiger partial charge in [0.05, 0.1) is 25.0 Å². The van der Waals surface area contributed by atoms with Gasteiger partial charge in [-0.3, -0.25) is 9.59 Å². The van der Waals surface area contributed by atoms with Crippen molar-refractivity contribution in [3.63, 3.8) is 0 Å². The van der Waals surface area contributed by atoms with Gasteiger partial charge < -0.3 is 24.8 Å². The Labute approximate surface area is 204 Å². The zero-order valence-electron chi connectivity index (χ0n) is 19.5. The molecule has 0 saturated carbocycles. The first-order valence-corrected chi connectivity index (χ1v) is 12.2. The van der Waals surface area contributed by atoms with Crippen LogP contribution in [0.2, 0.25) is 0 Å². The lowest BCUT2D eigenvalue weighted by Gasteiger charge is -2.26. The maximum absolute atomic E-state index is 12.9. The van der Waals surface area contributed by atoms with Crippen LogP contribution in [0.1, 0.15) is 42.7 Å². The summed E-state index contributed by atoms with van der Waals surface area (Å²) in [5.41, 5.74) is 4.67. The Balaban J connectivity index is 1.10. The molecule has 2 amide bonds. The summed E-state index contributed by atoms with van der Waals surface area (Å²) in [4.78, 5) is 38.1. The number of amides is 2. The van der Waals surface area contributed by atoms with Crippen LogP contribution in [0.4, 0.5) is 4.79 Å². The van der Waals surface area contributed by atoms with Gasteiger partial charge in [0.25, 0.3) is 0 Å². The van der Waals surface area contributed by atoms with Crippen molar-refractivity contribution < 1.29 is 29.0 Å². The molecule has 5 rings (SSSR count). The SMILES string of the molecule is O=C(O)CC1CCCN1C(=O)[C@@H]1CO[C@H](CNC(=O)OCC2c3ccccc3-c3ccccc32)C1. The number of hydrogen-bond acceptors (Lipinski definition) is 5. The summed E-state index contributed by atoms with van der Waals surface area (Å²) in [7, 11) is 0. The van der Waals surface area contributed by atoms with Crippen LogP contribution >= 0.6 is 0 Å². The highest BCUT2D eigenvalue weighted by molar-refractivity contribution is 5.81. The summed E-state index contributed by atoms with van der Waals surface area (Å²) < 4.78 is 11.3. The van der Waals surface area contributed by atoms with E-state index < -0.39 is 12.1 Å². The molecule has 35 heavy (non-hydrogen) atoms. The molecule has 2 saturated heterocycles. The normalized spacial score (nSPS) is 23.1. The van der Waals surface area contributed by atoms with Crippen LogP contribution in [0, 0.1) is 5.92 Å². The van der Waals surface area contributed by atoms with Crippen molar-refractivity contribution in [3.05, 3.63) is 59.7 Å². The van der Waals surface area contributed by atoms with E-state index in [-0.39, 0.29) is 56.1 Å².